The Kier molecular flexibility index (Phi) is 8.43. The molecule has 0 N–H and O–H groups in total. The third kappa shape index (κ3) is 5.37. The number of aliphatic imine (C=N–C) groups is 1. The molecule has 0 unspecified atom stereocenters. The van der Waals surface area contributed by atoms with Gasteiger partial charge in [-0.25, -0.2) is 0 Å². The van der Waals surface area contributed by atoms with Crippen LogP contribution in [0.1, 0.15) is 37.5 Å². The van der Waals surface area contributed by atoms with Gasteiger partial charge in [0.25, 0.3) is 0 Å². The summed E-state index contributed by atoms with van der Waals surface area (Å²) >= 11 is 8.06. The van der Waals surface area contributed by atoms with Crippen LogP contribution in [0.15, 0.2) is 41.4 Å². The van der Waals surface area contributed by atoms with Gasteiger partial charge >= 0.3 is 0 Å². The molecular formula is C24H26ClN3O3S. The third-order valence-electron chi connectivity index (χ3n) is 4.93. The molecule has 2 aromatic rings. The number of amides is 1. The zero-order valence-electron chi connectivity index (χ0n) is 18.4. The Balaban J connectivity index is 1.82. The van der Waals surface area contributed by atoms with Gasteiger partial charge in [0.15, 0.2) is 16.7 Å². The Bertz CT molecular complexity index is 1050. The predicted octanol–water partition coefficient (Wildman–Crippen LogP) is 5.07. The molecule has 1 aliphatic rings. The number of nitriles is 1. The van der Waals surface area contributed by atoms with Gasteiger partial charge in [0.2, 0.25) is 5.91 Å². The molecule has 2 aromatic carbocycles. The molecule has 0 radical (unpaired) electrons. The molecule has 8 heteroatoms. The van der Waals surface area contributed by atoms with E-state index in [4.69, 9.17) is 21.1 Å². The summed E-state index contributed by atoms with van der Waals surface area (Å²) in [7, 11) is 0. The van der Waals surface area contributed by atoms with E-state index in [0.29, 0.717) is 48.2 Å². The summed E-state index contributed by atoms with van der Waals surface area (Å²) in [5, 5.41) is 10.2. The molecule has 3 rings (SSSR count). The number of hydrogen-bond acceptors (Lipinski definition) is 6. The van der Waals surface area contributed by atoms with Crippen LogP contribution in [-0.2, 0) is 17.8 Å². The number of amidine groups is 1. The van der Waals surface area contributed by atoms with Crippen LogP contribution >= 0.6 is 23.4 Å². The smallest absolute Gasteiger partial charge is 0.242 e. The van der Waals surface area contributed by atoms with E-state index < -0.39 is 0 Å². The van der Waals surface area contributed by atoms with Crippen LogP contribution in [0.4, 0.5) is 0 Å². The maximum Gasteiger partial charge on any atom is 0.242 e. The van der Waals surface area contributed by atoms with E-state index in [-0.39, 0.29) is 17.8 Å². The van der Waals surface area contributed by atoms with Crippen molar-refractivity contribution in [2.75, 3.05) is 19.7 Å². The van der Waals surface area contributed by atoms with E-state index in [1.165, 1.54) is 11.8 Å². The number of thioether (sulfide) groups is 1. The van der Waals surface area contributed by atoms with Gasteiger partial charge in [-0.2, -0.15) is 5.26 Å². The van der Waals surface area contributed by atoms with E-state index in [1.807, 2.05) is 51.1 Å². The molecule has 1 heterocycles. The van der Waals surface area contributed by atoms with E-state index in [1.54, 1.807) is 11.0 Å². The van der Waals surface area contributed by atoms with Gasteiger partial charge in [-0.05, 0) is 51.0 Å². The first kappa shape index (κ1) is 24.0. The van der Waals surface area contributed by atoms with E-state index in [0.717, 1.165) is 16.3 Å². The largest absolute Gasteiger partial charge is 0.490 e. The van der Waals surface area contributed by atoms with Crippen molar-refractivity contribution >= 4 is 34.4 Å². The van der Waals surface area contributed by atoms with Crippen molar-refractivity contribution in [2.45, 2.75) is 39.0 Å². The summed E-state index contributed by atoms with van der Waals surface area (Å²) < 4.78 is 11.8. The second-order valence-electron chi connectivity index (χ2n) is 7.05. The van der Waals surface area contributed by atoms with E-state index >= 15 is 0 Å². The number of halogens is 1. The molecule has 1 fully saturated rings. The molecule has 0 bridgehead atoms. The number of carbonyl (C=O) groups is 1. The number of ether oxygens (including phenoxy) is 2. The van der Waals surface area contributed by atoms with Gasteiger partial charge < -0.3 is 9.47 Å². The highest BCUT2D eigenvalue weighted by Gasteiger charge is 2.37. The maximum atomic E-state index is 12.8. The summed E-state index contributed by atoms with van der Waals surface area (Å²) in [6.07, 6.45) is 0.514. The van der Waals surface area contributed by atoms with Gasteiger partial charge in [0.05, 0.1) is 28.5 Å². The number of nitrogens with zero attached hydrogens (tertiary/aromatic N) is 3. The van der Waals surface area contributed by atoms with Gasteiger partial charge in [0.1, 0.15) is 6.61 Å². The highest BCUT2D eigenvalue weighted by atomic mass is 35.5. The van der Waals surface area contributed by atoms with Gasteiger partial charge in [-0.15, -0.1) is 0 Å². The van der Waals surface area contributed by atoms with Crippen LogP contribution in [0, 0.1) is 11.3 Å². The van der Waals surface area contributed by atoms with Crippen LogP contribution < -0.4 is 9.47 Å². The lowest BCUT2D eigenvalue weighted by Gasteiger charge is -2.17. The monoisotopic (exact) mass is 471 g/mol. The summed E-state index contributed by atoms with van der Waals surface area (Å²) in [5.41, 5.74) is 2.22. The Morgan fingerprint density at radius 3 is 2.69 bits per heavy atom. The van der Waals surface area contributed by atoms with Crippen LogP contribution in [0.25, 0.3) is 0 Å². The Labute approximate surface area is 198 Å². The van der Waals surface area contributed by atoms with E-state index in [2.05, 4.69) is 11.1 Å². The fourth-order valence-electron chi connectivity index (χ4n) is 3.45. The van der Waals surface area contributed by atoms with Crippen molar-refractivity contribution in [3.63, 3.8) is 0 Å². The highest BCUT2D eigenvalue weighted by Crippen LogP contribution is 2.39. The summed E-state index contributed by atoms with van der Waals surface area (Å²) in [5.74, 6) is 1.01. The first-order valence-corrected chi connectivity index (χ1v) is 11.9. The molecule has 32 heavy (non-hydrogen) atoms. The van der Waals surface area contributed by atoms with Gasteiger partial charge in [-0.1, -0.05) is 41.6 Å². The summed E-state index contributed by atoms with van der Waals surface area (Å²) in [6.45, 7) is 7.68. The minimum absolute atomic E-state index is 0.0622. The molecule has 1 saturated heterocycles. The van der Waals surface area contributed by atoms with Gasteiger partial charge in [-0.3, -0.25) is 14.7 Å². The van der Waals surface area contributed by atoms with Crippen LogP contribution in [-0.4, -0.2) is 40.9 Å². The zero-order chi connectivity index (χ0) is 23.1. The first-order valence-electron chi connectivity index (χ1n) is 10.6. The van der Waals surface area contributed by atoms with Crippen molar-refractivity contribution in [3.8, 4) is 17.6 Å². The van der Waals surface area contributed by atoms with Crippen molar-refractivity contribution in [3.05, 3.63) is 58.1 Å². The molecule has 168 valence electrons. The normalized spacial score (nSPS) is 17.0. The fourth-order valence-corrected chi connectivity index (χ4v) is 5.04. The minimum atomic E-state index is -0.250. The maximum absolute atomic E-state index is 12.8. The van der Waals surface area contributed by atoms with Gasteiger partial charge in [0, 0.05) is 18.7 Å². The lowest BCUT2D eigenvalue weighted by Crippen LogP contribution is -2.32. The topological polar surface area (TPSA) is 74.9 Å². The molecule has 6 nitrogen and oxygen atoms in total. The molecule has 0 spiro atoms. The van der Waals surface area contributed by atoms with Crippen molar-refractivity contribution < 1.29 is 14.3 Å². The lowest BCUT2D eigenvalue weighted by molar-refractivity contribution is -0.126. The second kappa shape index (κ2) is 11.3. The number of rotatable bonds is 9. The highest BCUT2D eigenvalue weighted by molar-refractivity contribution is 8.15. The SMILES string of the molecule is CCN=C1S[C@@H](Cc2cc(Cl)c(OCc3ccccc3C#N)c(OCC)c2)C(=O)N1CC. The quantitative estimate of drug-likeness (QED) is 0.510. The number of benzene rings is 2. The lowest BCUT2D eigenvalue weighted by atomic mass is 10.1. The number of hydrogen-bond donors (Lipinski definition) is 0. The molecular weight excluding hydrogens is 446 g/mol. The van der Waals surface area contributed by atoms with Crippen molar-refractivity contribution in [1.82, 2.24) is 4.90 Å². The molecule has 0 aliphatic carbocycles. The molecule has 0 aromatic heterocycles. The van der Waals surface area contributed by atoms with Crippen LogP contribution in [0.5, 0.6) is 11.5 Å². The average molecular weight is 472 g/mol. The fraction of sp³-hybridized carbons (Fsp3) is 0.375. The molecule has 1 atom stereocenters. The van der Waals surface area contributed by atoms with Crippen LogP contribution in [0.2, 0.25) is 5.02 Å². The predicted molar refractivity (Wildman–Crippen MR) is 129 cm³/mol. The second-order valence-corrected chi connectivity index (χ2v) is 8.62. The van der Waals surface area contributed by atoms with Crippen molar-refractivity contribution in [1.29, 1.82) is 5.26 Å². The summed E-state index contributed by atoms with van der Waals surface area (Å²) in [4.78, 5) is 19.0. The zero-order valence-corrected chi connectivity index (χ0v) is 20.0. The summed E-state index contributed by atoms with van der Waals surface area (Å²) in [6, 6.07) is 13.1. The van der Waals surface area contributed by atoms with Crippen molar-refractivity contribution in [2.24, 2.45) is 4.99 Å². The number of carbonyl (C=O) groups excluding carboxylic acids is 1. The standard InChI is InChI=1S/C24H26ClN3O3S/c1-4-27-24-28(5-2)23(29)21(32-24)13-16-11-19(25)22(20(12-16)30-6-3)31-15-18-10-8-7-9-17(18)14-26/h7-12,21H,4-6,13,15H2,1-3H3/t21-/m0/s1. The van der Waals surface area contributed by atoms with Crippen LogP contribution in [0.3, 0.4) is 0 Å². The molecule has 1 aliphatic heterocycles. The molecule has 1 amide bonds. The first-order chi connectivity index (χ1) is 15.5. The Morgan fingerprint density at radius 2 is 2.00 bits per heavy atom. The minimum Gasteiger partial charge on any atom is -0.490 e. The van der Waals surface area contributed by atoms with E-state index in [9.17, 15) is 10.1 Å². The Morgan fingerprint density at radius 1 is 1.22 bits per heavy atom. The molecule has 0 saturated carbocycles. The Hall–Kier alpha value is -2.69. The third-order valence-corrected chi connectivity index (χ3v) is 6.42. The average Bonchev–Trinajstić information content (AvgIpc) is 3.07.